The van der Waals surface area contributed by atoms with Gasteiger partial charge in [0.1, 0.15) is 5.82 Å². The third-order valence-electron chi connectivity index (χ3n) is 3.77. The van der Waals surface area contributed by atoms with Gasteiger partial charge in [-0.1, -0.05) is 6.07 Å². The van der Waals surface area contributed by atoms with E-state index in [0.717, 1.165) is 36.6 Å². The van der Waals surface area contributed by atoms with Crippen molar-refractivity contribution in [2.45, 2.75) is 25.8 Å². The quantitative estimate of drug-likeness (QED) is 0.948. The molecular formula is C16H19N3OS. The number of rotatable bonds is 3. The number of carbonyl (C=O) groups is 1. The van der Waals surface area contributed by atoms with Gasteiger partial charge in [-0.2, -0.15) is 0 Å². The molecule has 0 aromatic carbocycles. The van der Waals surface area contributed by atoms with Gasteiger partial charge in [0.15, 0.2) is 0 Å². The van der Waals surface area contributed by atoms with Crippen LogP contribution < -0.4 is 10.2 Å². The van der Waals surface area contributed by atoms with Crippen LogP contribution in [0.2, 0.25) is 0 Å². The lowest BCUT2D eigenvalue weighted by molar-refractivity contribution is 0.0935. The van der Waals surface area contributed by atoms with Gasteiger partial charge < -0.3 is 10.2 Å². The summed E-state index contributed by atoms with van der Waals surface area (Å²) in [5.41, 5.74) is 0. The Morgan fingerprint density at radius 1 is 1.29 bits per heavy atom. The molecule has 1 amide bonds. The maximum absolute atomic E-state index is 12.2. The van der Waals surface area contributed by atoms with E-state index < -0.39 is 0 Å². The van der Waals surface area contributed by atoms with Crippen LogP contribution in [0.5, 0.6) is 0 Å². The van der Waals surface area contributed by atoms with E-state index in [4.69, 9.17) is 0 Å². The molecule has 4 nitrogen and oxygen atoms in total. The highest BCUT2D eigenvalue weighted by molar-refractivity contribution is 7.13. The molecule has 5 heteroatoms. The van der Waals surface area contributed by atoms with Gasteiger partial charge in [0.05, 0.1) is 4.88 Å². The molecule has 1 aliphatic heterocycles. The van der Waals surface area contributed by atoms with Gasteiger partial charge in [-0.15, -0.1) is 11.3 Å². The topological polar surface area (TPSA) is 45.2 Å². The van der Waals surface area contributed by atoms with Crippen LogP contribution in [0, 0.1) is 6.92 Å². The zero-order chi connectivity index (χ0) is 14.7. The predicted molar refractivity (Wildman–Crippen MR) is 86.0 cm³/mol. The highest BCUT2D eigenvalue weighted by Gasteiger charge is 2.22. The molecule has 3 rings (SSSR count). The van der Waals surface area contributed by atoms with E-state index in [0.29, 0.717) is 0 Å². The minimum absolute atomic E-state index is 0.0596. The zero-order valence-electron chi connectivity index (χ0n) is 12.1. The fraction of sp³-hybridized carbons (Fsp3) is 0.375. The average molecular weight is 301 g/mol. The molecular weight excluding hydrogens is 282 g/mol. The van der Waals surface area contributed by atoms with Crippen molar-refractivity contribution in [3.05, 3.63) is 46.3 Å². The number of carbonyl (C=O) groups excluding carboxylic acids is 1. The normalized spacial score (nSPS) is 16.0. The minimum Gasteiger partial charge on any atom is -0.356 e. The van der Waals surface area contributed by atoms with Crippen LogP contribution in [0.1, 0.15) is 27.4 Å². The van der Waals surface area contributed by atoms with E-state index in [2.05, 4.69) is 15.2 Å². The van der Waals surface area contributed by atoms with Crippen molar-refractivity contribution in [3.8, 4) is 0 Å². The van der Waals surface area contributed by atoms with Crippen molar-refractivity contribution in [2.75, 3.05) is 18.0 Å². The fourth-order valence-corrected chi connectivity index (χ4v) is 3.38. The Hall–Kier alpha value is -1.88. The first-order valence-corrected chi connectivity index (χ1v) is 8.07. The lowest BCUT2D eigenvalue weighted by Crippen LogP contribution is -2.44. The lowest BCUT2D eigenvalue weighted by atomic mass is 10.0. The Labute approximate surface area is 128 Å². The SMILES string of the molecule is Cc1ccc(C(=O)NC2CCN(c3ccccn3)CC2)s1. The van der Waals surface area contributed by atoms with Gasteiger partial charge >= 0.3 is 0 Å². The van der Waals surface area contributed by atoms with Gasteiger partial charge in [0, 0.05) is 30.2 Å². The maximum Gasteiger partial charge on any atom is 0.261 e. The molecule has 1 N–H and O–H groups in total. The molecule has 0 saturated carbocycles. The molecule has 1 saturated heterocycles. The van der Waals surface area contributed by atoms with Crippen LogP contribution in [0.3, 0.4) is 0 Å². The molecule has 1 fully saturated rings. The number of pyridine rings is 1. The molecule has 3 heterocycles. The second-order valence-electron chi connectivity index (χ2n) is 5.33. The molecule has 0 bridgehead atoms. The van der Waals surface area contributed by atoms with Crippen LogP contribution in [0.4, 0.5) is 5.82 Å². The first-order chi connectivity index (χ1) is 10.2. The van der Waals surface area contributed by atoms with Gasteiger partial charge in [0.2, 0.25) is 0 Å². The number of anilines is 1. The monoisotopic (exact) mass is 301 g/mol. The first-order valence-electron chi connectivity index (χ1n) is 7.25. The molecule has 0 radical (unpaired) electrons. The minimum atomic E-state index is 0.0596. The highest BCUT2D eigenvalue weighted by Crippen LogP contribution is 2.19. The van der Waals surface area contributed by atoms with Crippen molar-refractivity contribution in [3.63, 3.8) is 0 Å². The zero-order valence-corrected chi connectivity index (χ0v) is 12.9. The summed E-state index contributed by atoms with van der Waals surface area (Å²) in [5, 5.41) is 3.14. The number of piperidine rings is 1. The predicted octanol–water partition coefficient (Wildman–Crippen LogP) is 2.85. The second kappa shape index (κ2) is 6.26. The fourth-order valence-electron chi connectivity index (χ4n) is 2.61. The van der Waals surface area contributed by atoms with E-state index in [1.165, 1.54) is 4.88 Å². The maximum atomic E-state index is 12.2. The van der Waals surface area contributed by atoms with E-state index in [1.807, 2.05) is 43.5 Å². The van der Waals surface area contributed by atoms with Crippen molar-refractivity contribution >= 4 is 23.1 Å². The Morgan fingerprint density at radius 2 is 2.10 bits per heavy atom. The molecule has 1 aliphatic rings. The summed E-state index contributed by atoms with van der Waals surface area (Å²) < 4.78 is 0. The van der Waals surface area contributed by atoms with Crippen molar-refractivity contribution in [1.29, 1.82) is 0 Å². The number of hydrogen-bond acceptors (Lipinski definition) is 4. The largest absolute Gasteiger partial charge is 0.356 e. The number of amides is 1. The number of nitrogens with one attached hydrogen (secondary N) is 1. The molecule has 21 heavy (non-hydrogen) atoms. The highest BCUT2D eigenvalue weighted by atomic mass is 32.1. The van der Waals surface area contributed by atoms with Gasteiger partial charge in [-0.3, -0.25) is 4.79 Å². The Bertz CT molecular complexity index is 603. The Morgan fingerprint density at radius 3 is 2.71 bits per heavy atom. The van der Waals surface area contributed by atoms with Crippen LogP contribution >= 0.6 is 11.3 Å². The summed E-state index contributed by atoms with van der Waals surface area (Å²) in [4.78, 5) is 20.8. The molecule has 2 aromatic heterocycles. The van der Waals surface area contributed by atoms with Crippen LogP contribution in [0.25, 0.3) is 0 Å². The Balaban J connectivity index is 1.53. The number of aryl methyl sites for hydroxylation is 1. The molecule has 0 aliphatic carbocycles. The van der Waals surface area contributed by atoms with Crippen LogP contribution in [0.15, 0.2) is 36.5 Å². The van der Waals surface area contributed by atoms with E-state index in [9.17, 15) is 4.79 Å². The molecule has 110 valence electrons. The third kappa shape index (κ3) is 3.42. The first kappa shape index (κ1) is 14.1. The van der Waals surface area contributed by atoms with Crippen LogP contribution in [-0.2, 0) is 0 Å². The Kier molecular flexibility index (Phi) is 4.20. The number of hydrogen-bond donors (Lipinski definition) is 1. The number of aromatic nitrogens is 1. The second-order valence-corrected chi connectivity index (χ2v) is 6.62. The summed E-state index contributed by atoms with van der Waals surface area (Å²) in [6, 6.07) is 10.1. The molecule has 0 spiro atoms. The van der Waals surface area contributed by atoms with Crippen molar-refractivity contribution in [1.82, 2.24) is 10.3 Å². The van der Waals surface area contributed by atoms with Gasteiger partial charge in [-0.25, -0.2) is 4.98 Å². The summed E-state index contributed by atoms with van der Waals surface area (Å²) in [6.07, 6.45) is 3.75. The summed E-state index contributed by atoms with van der Waals surface area (Å²) >= 11 is 1.55. The van der Waals surface area contributed by atoms with Gasteiger partial charge in [-0.05, 0) is 44.0 Å². The van der Waals surface area contributed by atoms with Gasteiger partial charge in [0.25, 0.3) is 5.91 Å². The molecule has 0 unspecified atom stereocenters. The van der Waals surface area contributed by atoms with Crippen molar-refractivity contribution < 1.29 is 4.79 Å². The smallest absolute Gasteiger partial charge is 0.261 e. The molecule has 0 atom stereocenters. The lowest BCUT2D eigenvalue weighted by Gasteiger charge is -2.33. The van der Waals surface area contributed by atoms with Crippen molar-refractivity contribution in [2.24, 2.45) is 0 Å². The summed E-state index contributed by atoms with van der Waals surface area (Å²) in [7, 11) is 0. The van der Waals surface area contributed by atoms with Crippen LogP contribution in [-0.4, -0.2) is 30.0 Å². The van der Waals surface area contributed by atoms with E-state index in [-0.39, 0.29) is 11.9 Å². The van der Waals surface area contributed by atoms with E-state index >= 15 is 0 Å². The molecule has 2 aromatic rings. The van der Waals surface area contributed by atoms with E-state index in [1.54, 1.807) is 11.3 Å². The summed E-state index contributed by atoms with van der Waals surface area (Å²) in [5.74, 6) is 1.08. The third-order valence-corrected chi connectivity index (χ3v) is 4.77. The average Bonchev–Trinajstić information content (AvgIpc) is 2.96. The summed E-state index contributed by atoms with van der Waals surface area (Å²) in [6.45, 7) is 3.89. The number of nitrogens with zero attached hydrogens (tertiary/aromatic N) is 2. The standard InChI is InChI=1S/C16H19N3OS/c1-12-5-6-14(21-12)16(20)18-13-7-10-19(11-8-13)15-4-2-3-9-17-15/h2-6,9,13H,7-8,10-11H2,1H3,(H,18,20). The number of thiophene rings is 1.